The molecule has 1 saturated heterocycles. The van der Waals surface area contributed by atoms with E-state index in [1.165, 1.54) is 0 Å². The Kier molecular flexibility index (Phi) is 4.57. The number of carboxylic acids is 1. The zero-order chi connectivity index (χ0) is 14.5. The summed E-state index contributed by atoms with van der Waals surface area (Å²) in [6.45, 7) is 2.39. The van der Waals surface area contributed by atoms with Crippen molar-refractivity contribution in [2.45, 2.75) is 19.4 Å². The summed E-state index contributed by atoms with van der Waals surface area (Å²) in [7, 11) is 0. The lowest BCUT2D eigenvalue weighted by Gasteiger charge is -2.16. The molecule has 108 valence electrons. The van der Waals surface area contributed by atoms with Gasteiger partial charge in [-0.05, 0) is 24.1 Å². The fourth-order valence-corrected chi connectivity index (χ4v) is 2.14. The van der Waals surface area contributed by atoms with E-state index < -0.39 is 24.0 Å². The van der Waals surface area contributed by atoms with Gasteiger partial charge in [-0.1, -0.05) is 19.1 Å². The molecule has 1 fully saturated rings. The van der Waals surface area contributed by atoms with Crippen LogP contribution in [0.1, 0.15) is 12.5 Å². The highest BCUT2D eigenvalue weighted by molar-refractivity contribution is 5.90. The molecule has 1 aliphatic rings. The number of rotatable bonds is 4. The Hall–Kier alpha value is -2.08. The van der Waals surface area contributed by atoms with Crippen molar-refractivity contribution < 1.29 is 19.4 Å². The van der Waals surface area contributed by atoms with E-state index in [0.717, 1.165) is 12.0 Å². The maximum absolute atomic E-state index is 11.9. The van der Waals surface area contributed by atoms with Crippen LogP contribution in [0.4, 0.5) is 10.5 Å². The number of aryl methyl sites for hydroxylation is 1. The number of ether oxygens (including phenoxy) is 1. The number of carboxylic acid groups (broad SMARTS) is 1. The van der Waals surface area contributed by atoms with E-state index in [1.807, 2.05) is 25.1 Å². The van der Waals surface area contributed by atoms with Gasteiger partial charge in [-0.3, -0.25) is 4.79 Å². The number of hydrogen-bond donors (Lipinski definition) is 3. The van der Waals surface area contributed by atoms with Crippen LogP contribution < -0.4 is 10.6 Å². The van der Waals surface area contributed by atoms with Crippen LogP contribution in [0.15, 0.2) is 24.3 Å². The topological polar surface area (TPSA) is 87.7 Å². The first-order valence-electron chi connectivity index (χ1n) is 6.57. The molecule has 20 heavy (non-hydrogen) atoms. The molecule has 2 amide bonds. The van der Waals surface area contributed by atoms with Gasteiger partial charge in [0.05, 0.1) is 19.3 Å². The van der Waals surface area contributed by atoms with Crippen LogP contribution in [-0.4, -0.2) is 36.4 Å². The quantitative estimate of drug-likeness (QED) is 0.778. The minimum Gasteiger partial charge on any atom is -0.481 e. The third-order valence-electron chi connectivity index (χ3n) is 3.31. The van der Waals surface area contributed by atoms with E-state index in [0.29, 0.717) is 5.69 Å². The number of amides is 2. The summed E-state index contributed by atoms with van der Waals surface area (Å²) in [5.41, 5.74) is 1.81. The van der Waals surface area contributed by atoms with Crippen LogP contribution >= 0.6 is 0 Å². The van der Waals surface area contributed by atoms with Gasteiger partial charge in [-0.15, -0.1) is 0 Å². The SMILES string of the molecule is CCc1cccc(NC(=O)NC2COCC2C(=O)O)c1. The third-order valence-corrected chi connectivity index (χ3v) is 3.31. The van der Waals surface area contributed by atoms with Crippen molar-refractivity contribution in [3.63, 3.8) is 0 Å². The standard InChI is InChI=1S/C14H18N2O4/c1-2-9-4-3-5-10(6-9)15-14(19)16-12-8-20-7-11(12)13(17)18/h3-6,11-12H,2,7-8H2,1H3,(H,17,18)(H2,15,16,19). The monoisotopic (exact) mass is 278 g/mol. The molecule has 6 nitrogen and oxygen atoms in total. The normalized spacial score (nSPS) is 21.4. The lowest BCUT2D eigenvalue weighted by Crippen LogP contribution is -2.44. The van der Waals surface area contributed by atoms with Gasteiger partial charge in [0.25, 0.3) is 0 Å². The number of anilines is 1. The fourth-order valence-electron chi connectivity index (χ4n) is 2.14. The van der Waals surface area contributed by atoms with Crippen molar-refractivity contribution in [1.29, 1.82) is 0 Å². The number of aliphatic carboxylic acids is 1. The number of urea groups is 1. The molecule has 0 aliphatic carbocycles. The maximum atomic E-state index is 11.9. The van der Waals surface area contributed by atoms with Crippen LogP contribution in [0.2, 0.25) is 0 Å². The number of benzene rings is 1. The summed E-state index contributed by atoms with van der Waals surface area (Å²) in [4.78, 5) is 22.8. The van der Waals surface area contributed by atoms with Crippen molar-refractivity contribution in [3.8, 4) is 0 Å². The summed E-state index contributed by atoms with van der Waals surface area (Å²) < 4.78 is 5.10. The largest absolute Gasteiger partial charge is 0.481 e. The molecule has 1 aliphatic heterocycles. The van der Waals surface area contributed by atoms with Gasteiger partial charge in [0.1, 0.15) is 5.92 Å². The predicted molar refractivity (Wildman–Crippen MR) is 73.7 cm³/mol. The molecule has 0 aromatic heterocycles. The van der Waals surface area contributed by atoms with Crippen LogP contribution in [-0.2, 0) is 16.0 Å². The first-order valence-corrected chi connectivity index (χ1v) is 6.57. The first kappa shape index (κ1) is 14.3. The molecule has 0 radical (unpaired) electrons. The lowest BCUT2D eigenvalue weighted by molar-refractivity contribution is -0.142. The molecular formula is C14H18N2O4. The smallest absolute Gasteiger partial charge is 0.319 e. The first-order chi connectivity index (χ1) is 9.60. The van der Waals surface area contributed by atoms with Crippen molar-refractivity contribution in [2.75, 3.05) is 18.5 Å². The summed E-state index contributed by atoms with van der Waals surface area (Å²) in [6.07, 6.45) is 0.884. The van der Waals surface area contributed by atoms with E-state index in [4.69, 9.17) is 9.84 Å². The van der Waals surface area contributed by atoms with E-state index in [9.17, 15) is 9.59 Å². The van der Waals surface area contributed by atoms with Crippen molar-refractivity contribution in [2.24, 2.45) is 5.92 Å². The average Bonchev–Trinajstić information content (AvgIpc) is 2.87. The molecular weight excluding hydrogens is 260 g/mol. The van der Waals surface area contributed by atoms with Crippen LogP contribution in [0.3, 0.4) is 0 Å². The van der Waals surface area contributed by atoms with Gasteiger partial charge in [-0.25, -0.2) is 4.79 Å². The second-order valence-electron chi connectivity index (χ2n) is 4.74. The highest BCUT2D eigenvalue weighted by atomic mass is 16.5. The Bertz CT molecular complexity index is 504. The summed E-state index contributed by atoms with van der Waals surface area (Å²) in [6, 6.07) is 6.61. The van der Waals surface area contributed by atoms with Crippen LogP contribution in [0, 0.1) is 5.92 Å². The predicted octanol–water partition coefficient (Wildman–Crippen LogP) is 1.47. The third kappa shape index (κ3) is 3.48. The van der Waals surface area contributed by atoms with E-state index >= 15 is 0 Å². The number of hydrogen-bond acceptors (Lipinski definition) is 3. The van der Waals surface area contributed by atoms with E-state index in [-0.39, 0.29) is 13.2 Å². The van der Waals surface area contributed by atoms with Gasteiger partial charge in [0.15, 0.2) is 0 Å². The Balaban J connectivity index is 1.93. The number of carbonyl (C=O) groups is 2. The molecule has 2 unspecified atom stereocenters. The van der Waals surface area contributed by atoms with Gasteiger partial charge in [-0.2, -0.15) is 0 Å². The molecule has 2 atom stereocenters. The van der Waals surface area contributed by atoms with Crippen molar-refractivity contribution in [3.05, 3.63) is 29.8 Å². The molecule has 0 spiro atoms. The van der Waals surface area contributed by atoms with E-state index in [2.05, 4.69) is 10.6 Å². The second kappa shape index (κ2) is 6.38. The Morgan fingerprint density at radius 3 is 2.90 bits per heavy atom. The second-order valence-corrected chi connectivity index (χ2v) is 4.74. The van der Waals surface area contributed by atoms with Crippen molar-refractivity contribution in [1.82, 2.24) is 5.32 Å². The zero-order valence-corrected chi connectivity index (χ0v) is 11.3. The molecule has 1 aromatic carbocycles. The molecule has 2 rings (SSSR count). The van der Waals surface area contributed by atoms with Crippen LogP contribution in [0.5, 0.6) is 0 Å². The Morgan fingerprint density at radius 1 is 1.40 bits per heavy atom. The minimum atomic E-state index is -0.958. The summed E-state index contributed by atoms with van der Waals surface area (Å²) in [5.74, 6) is -1.65. The highest BCUT2D eigenvalue weighted by Crippen LogP contribution is 2.15. The fraction of sp³-hybridized carbons (Fsp3) is 0.429. The van der Waals surface area contributed by atoms with Gasteiger partial charge in [0.2, 0.25) is 0 Å². The van der Waals surface area contributed by atoms with Gasteiger partial charge < -0.3 is 20.5 Å². The van der Waals surface area contributed by atoms with Crippen molar-refractivity contribution >= 4 is 17.7 Å². The molecule has 0 bridgehead atoms. The summed E-state index contributed by atoms with van der Waals surface area (Å²) >= 11 is 0. The zero-order valence-electron chi connectivity index (χ0n) is 11.3. The number of nitrogens with one attached hydrogen (secondary N) is 2. The Labute approximate surface area is 117 Å². The molecule has 1 heterocycles. The minimum absolute atomic E-state index is 0.131. The molecule has 6 heteroatoms. The molecule has 1 aromatic rings. The molecule has 0 saturated carbocycles. The molecule has 3 N–H and O–H groups in total. The van der Waals surface area contributed by atoms with Gasteiger partial charge >= 0.3 is 12.0 Å². The number of carbonyl (C=O) groups excluding carboxylic acids is 1. The highest BCUT2D eigenvalue weighted by Gasteiger charge is 2.35. The Morgan fingerprint density at radius 2 is 2.20 bits per heavy atom. The maximum Gasteiger partial charge on any atom is 0.319 e. The average molecular weight is 278 g/mol. The lowest BCUT2D eigenvalue weighted by atomic mass is 10.0. The van der Waals surface area contributed by atoms with Crippen LogP contribution in [0.25, 0.3) is 0 Å². The van der Waals surface area contributed by atoms with E-state index in [1.54, 1.807) is 6.07 Å². The summed E-state index contributed by atoms with van der Waals surface area (Å²) in [5, 5.41) is 14.3. The van der Waals surface area contributed by atoms with Gasteiger partial charge in [0, 0.05) is 5.69 Å².